The van der Waals surface area contributed by atoms with Gasteiger partial charge in [-0.3, -0.25) is 9.59 Å². The first kappa shape index (κ1) is 16.1. The lowest BCUT2D eigenvalue weighted by Crippen LogP contribution is -2.26. The molecule has 110 valence electrons. The van der Waals surface area contributed by atoms with Gasteiger partial charge in [-0.2, -0.15) is 0 Å². The highest BCUT2D eigenvalue weighted by Crippen LogP contribution is 2.35. The molecule has 0 saturated carbocycles. The Morgan fingerprint density at radius 2 is 1.90 bits per heavy atom. The molecule has 7 heteroatoms. The average molecular weight is 302 g/mol. The summed E-state index contributed by atoms with van der Waals surface area (Å²) in [5.74, 6) is -0.0363. The average Bonchev–Trinajstić information content (AvgIpc) is 2.45. The topological polar surface area (TPSA) is 73.9 Å². The van der Waals surface area contributed by atoms with Gasteiger partial charge in [-0.05, 0) is 12.1 Å². The second-order valence-corrected chi connectivity index (χ2v) is 4.18. The van der Waals surface area contributed by atoms with Crippen LogP contribution in [0.4, 0.5) is 0 Å². The number of hydrogen-bond acceptors (Lipinski definition) is 5. The van der Waals surface area contributed by atoms with E-state index in [-0.39, 0.29) is 23.9 Å². The summed E-state index contributed by atoms with van der Waals surface area (Å²) in [7, 11) is 4.20. The monoisotopic (exact) mass is 301 g/mol. The summed E-state index contributed by atoms with van der Waals surface area (Å²) in [5.41, 5.74) is 0.317. The summed E-state index contributed by atoms with van der Waals surface area (Å²) >= 11 is 6.01. The number of esters is 1. The van der Waals surface area contributed by atoms with Gasteiger partial charge < -0.3 is 19.5 Å². The van der Waals surface area contributed by atoms with Gasteiger partial charge in [0.25, 0.3) is 5.91 Å². The molecule has 1 N–H and O–H groups in total. The van der Waals surface area contributed by atoms with Gasteiger partial charge in [0, 0.05) is 12.1 Å². The molecule has 0 aliphatic rings. The van der Waals surface area contributed by atoms with Gasteiger partial charge in [-0.25, -0.2) is 0 Å². The van der Waals surface area contributed by atoms with Crippen LogP contribution in [-0.2, 0) is 9.53 Å². The zero-order valence-corrected chi connectivity index (χ0v) is 12.2. The van der Waals surface area contributed by atoms with Gasteiger partial charge >= 0.3 is 5.97 Å². The molecule has 0 aliphatic carbocycles. The third-order valence-corrected chi connectivity index (χ3v) is 2.82. The number of halogens is 1. The molecule has 1 rings (SSSR count). The van der Waals surface area contributed by atoms with E-state index in [4.69, 9.17) is 21.1 Å². The fourth-order valence-electron chi connectivity index (χ4n) is 1.53. The minimum absolute atomic E-state index is 0.100. The molecule has 1 aromatic carbocycles. The summed E-state index contributed by atoms with van der Waals surface area (Å²) in [4.78, 5) is 22.9. The van der Waals surface area contributed by atoms with Gasteiger partial charge in [-0.15, -0.1) is 0 Å². The van der Waals surface area contributed by atoms with Crippen LogP contribution in [0.5, 0.6) is 11.5 Å². The minimum atomic E-state index is -0.393. The Bertz CT molecular complexity index is 504. The SMILES string of the molecule is COC(=O)CCNC(=O)c1cc(Cl)c(OC)c(OC)c1. The maximum absolute atomic E-state index is 11.9. The van der Waals surface area contributed by atoms with Crippen LogP contribution in [0.3, 0.4) is 0 Å². The van der Waals surface area contributed by atoms with Crippen LogP contribution >= 0.6 is 11.6 Å². The molecule has 1 aromatic rings. The van der Waals surface area contributed by atoms with Crippen molar-refractivity contribution in [2.45, 2.75) is 6.42 Å². The van der Waals surface area contributed by atoms with Gasteiger partial charge in [0.15, 0.2) is 11.5 Å². The molecule has 0 fully saturated rings. The van der Waals surface area contributed by atoms with Crippen molar-refractivity contribution in [3.05, 3.63) is 22.7 Å². The smallest absolute Gasteiger partial charge is 0.307 e. The lowest BCUT2D eigenvalue weighted by atomic mass is 10.2. The molecule has 0 spiro atoms. The van der Waals surface area contributed by atoms with Crippen LogP contribution in [0.25, 0.3) is 0 Å². The number of methoxy groups -OCH3 is 3. The molecular weight excluding hydrogens is 286 g/mol. The maximum atomic E-state index is 11.9. The highest BCUT2D eigenvalue weighted by molar-refractivity contribution is 6.32. The molecule has 0 unspecified atom stereocenters. The molecule has 1 amide bonds. The molecule has 0 aliphatic heterocycles. The zero-order valence-electron chi connectivity index (χ0n) is 11.5. The zero-order chi connectivity index (χ0) is 15.1. The first-order valence-electron chi connectivity index (χ1n) is 5.80. The predicted octanol–water partition coefficient (Wildman–Crippen LogP) is 1.65. The maximum Gasteiger partial charge on any atom is 0.307 e. The molecule has 20 heavy (non-hydrogen) atoms. The number of nitrogens with one attached hydrogen (secondary N) is 1. The number of rotatable bonds is 6. The fraction of sp³-hybridized carbons (Fsp3) is 0.385. The van der Waals surface area contributed by atoms with Gasteiger partial charge in [0.2, 0.25) is 0 Å². The van der Waals surface area contributed by atoms with Crippen LogP contribution in [0, 0.1) is 0 Å². The number of benzene rings is 1. The van der Waals surface area contributed by atoms with E-state index in [1.54, 1.807) is 0 Å². The molecule has 6 nitrogen and oxygen atoms in total. The number of hydrogen-bond donors (Lipinski definition) is 1. The van der Waals surface area contributed by atoms with Crippen molar-refractivity contribution in [2.75, 3.05) is 27.9 Å². The van der Waals surface area contributed by atoms with E-state index in [9.17, 15) is 9.59 Å². The van der Waals surface area contributed by atoms with Crippen molar-refractivity contribution >= 4 is 23.5 Å². The molecule has 0 radical (unpaired) electrons. The van der Waals surface area contributed by atoms with Crippen molar-refractivity contribution in [2.24, 2.45) is 0 Å². The standard InChI is InChI=1S/C13H16ClNO5/c1-18-10-7-8(6-9(14)12(10)20-3)13(17)15-5-4-11(16)19-2/h6-7H,4-5H2,1-3H3,(H,15,17). The summed E-state index contributed by atoms with van der Waals surface area (Å²) < 4.78 is 14.7. The van der Waals surface area contributed by atoms with E-state index in [0.29, 0.717) is 17.1 Å². The lowest BCUT2D eigenvalue weighted by molar-refractivity contribution is -0.140. The quantitative estimate of drug-likeness (QED) is 0.809. The number of ether oxygens (including phenoxy) is 3. The van der Waals surface area contributed by atoms with Gasteiger partial charge in [0.1, 0.15) is 0 Å². The first-order chi connectivity index (χ1) is 9.53. The second-order valence-electron chi connectivity index (χ2n) is 3.78. The van der Waals surface area contributed by atoms with Crippen LogP contribution in [0.15, 0.2) is 12.1 Å². The fourth-order valence-corrected chi connectivity index (χ4v) is 1.82. The normalized spacial score (nSPS) is 9.80. The van der Waals surface area contributed by atoms with Crippen molar-refractivity contribution < 1.29 is 23.8 Å². The van der Waals surface area contributed by atoms with Crippen LogP contribution in [0.2, 0.25) is 5.02 Å². The van der Waals surface area contributed by atoms with E-state index in [2.05, 4.69) is 10.1 Å². The second kappa shape index (κ2) is 7.59. The number of carbonyl (C=O) groups excluding carboxylic acids is 2. The summed E-state index contributed by atoms with van der Waals surface area (Å²) in [6.07, 6.45) is 0.100. The molecule has 0 atom stereocenters. The third-order valence-electron chi connectivity index (χ3n) is 2.54. The Hall–Kier alpha value is -1.95. The first-order valence-corrected chi connectivity index (χ1v) is 6.17. The summed E-state index contributed by atoms with van der Waals surface area (Å²) in [6, 6.07) is 2.98. The summed E-state index contributed by atoms with van der Waals surface area (Å²) in [5, 5.41) is 2.85. The summed E-state index contributed by atoms with van der Waals surface area (Å²) in [6.45, 7) is 0.178. The Labute approximate surface area is 122 Å². The molecule has 0 saturated heterocycles. The number of carbonyl (C=O) groups is 2. The van der Waals surface area contributed by atoms with Crippen molar-refractivity contribution in [1.29, 1.82) is 0 Å². The third kappa shape index (κ3) is 4.03. The lowest BCUT2D eigenvalue weighted by Gasteiger charge is -2.11. The van der Waals surface area contributed by atoms with Crippen molar-refractivity contribution in [3.63, 3.8) is 0 Å². The minimum Gasteiger partial charge on any atom is -0.493 e. The van der Waals surface area contributed by atoms with Crippen LogP contribution < -0.4 is 14.8 Å². The van der Waals surface area contributed by atoms with E-state index in [1.165, 1.54) is 33.5 Å². The van der Waals surface area contributed by atoms with E-state index in [1.807, 2.05) is 0 Å². The molecular formula is C13H16ClNO5. The molecule has 0 heterocycles. The highest BCUT2D eigenvalue weighted by atomic mass is 35.5. The van der Waals surface area contributed by atoms with Crippen LogP contribution in [-0.4, -0.2) is 39.8 Å². The largest absolute Gasteiger partial charge is 0.493 e. The number of amides is 1. The van der Waals surface area contributed by atoms with Gasteiger partial charge in [0.05, 0.1) is 32.8 Å². The van der Waals surface area contributed by atoms with Crippen molar-refractivity contribution in [3.8, 4) is 11.5 Å². The Morgan fingerprint density at radius 3 is 2.45 bits per heavy atom. The van der Waals surface area contributed by atoms with E-state index >= 15 is 0 Å². The predicted molar refractivity (Wildman–Crippen MR) is 73.5 cm³/mol. The highest BCUT2D eigenvalue weighted by Gasteiger charge is 2.15. The van der Waals surface area contributed by atoms with E-state index in [0.717, 1.165) is 0 Å². The Kier molecular flexibility index (Phi) is 6.11. The van der Waals surface area contributed by atoms with Crippen LogP contribution in [0.1, 0.15) is 16.8 Å². The Morgan fingerprint density at radius 1 is 1.20 bits per heavy atom. The van der Waals surface area contributed by atoms with Crippen molar-refractivity contribution in [1.82, 2.24) is 5.32 Å². The molecule has 0 bridgehead atoms. The van der Waals surface area contributed by atoms with Gasteiger partial charge in [-0.1, -0.05) is 11.6 Å². The molecule has 0 aromatic heterocycles. The van der Waals surface area contributed by atoms with E-state index < -0.39 is 5.97 Å². The Balaban J connectivity index is 2.78.